The molecule has 1 nitrogen and oxygen atoms in total. The SMILES string of the molecule is CCCCC1(c2ccc(C#N)cc2)C=CCC=C1. The Morgan fingerprint density at radius 1 is 1.17 bits per heavy atom. The van der Waals surface area contributed by atoms with Crippen molar-refractivity contribution in [2.75, 3.05) is 0 Å². The number of allylic oxidation sites excluding steroid dienone is 4. The summed E-state index contributed by atoms with van der Waals surface area (Å²) >= 11 is 0. The van der Waals surface area contributed by atoms with E-state index in [2.05, 4.69) is 49.4 Å². The highest BCUT2D eigenvalue weighted by Crippen LogP contribution is 2.35. The maximum atomic E-state index is 8.87. The van der Waals surface area contributed by atoms with Gasteiger partial charge in [-0.05, 0) is 30.5 Å². The van der Waals surface area contributed by atoms with Gasteiger partial charge in [0, 0.05) is 5.41 Å². The highest BCUT2D eigenvalue weighted by molar-refractivity contribution is 5.42. The molecule has 0 atom stereocenters. The van der Waals surface area contributed by atoms with Gasteiger partial charge in [0.05, 0.1) is 11.6 Å². The molecule has 0 heterocycles. The second-order valence-electron chi connectivity index (χ2n) is 4.87. The average molecular weight is 237 g/mol. The van der Waals surface area contributed by atoms with E-state index in [-0.39, 0.29) is 5.41 Å². The standard InChI is InChI=1S/C17H19N/c1-2-3-11-17(12-5-4-6-13-17)16-9-7-15(14-18)8-10-16/h5-10,12-13H,2-4,11H2,1H3. The van der Waals surface area contributed by atoms with Crippen LogP contribution in [0.5, 0.6) is 0 Å². The summed E-state index contributed by atoms with van der Waals surface area (Å²) in [6.07, 6.45) is 13.7. The van der Waals surface area contributed by atoms with Crippen LogP contribution in [0.15, 0.2) is 48.6 Å². The molecular formula is C17H19N. The van der Waals surface area contributed by atoms with Gasteiger partial charge in [-0.3, -0.25) is 0 Å². The minimum absolute atomic E-state index is 0.0439. The maximum absolute atomic E-state index is 8.87. The molecule has 2 rings (SSSR count). The van der Waals surface area contributed by atoms with Gasteiger partial charge in [-0.15, -0.1) is 0 Å². The number of hydrogen-bond donors (Lipinski definition) is 0. The lowest BCUT2D eigenvalue weighted by atomic mass is 9.74. The number of hydrogen-bond acceptors (Lipinski definition) is 1. The lowest BCUT2D eigenvalue weighted by Gasteiger charge is -2.30. The number of benzene rings is 1. The molecule has 1 aromatic rings. The Bertz CT molecular complexity index is 473. The molecule has 0 bridgehead atoms. The molecule has 0 unspecified atom stereocenters. The maximum Gasteiger partial charge on any atom is 0.0991 e. The van der Waals surface area contributed by atoms with E-state index in [0.717, 1.165) is 18.4 Å². The fraction of sp³-hybridized carbons (Fsp3) is 0.353. The highest BCUT2D eigenvalue weighted by atomic mass is 14.3. The summed E-state index contributed by atoms with van der Waals surface area (Å²) in [5.41, 5.74) is 2.07. The van der Waals surface area contributed by atoms with Gasteiger partial charge < -0.3 is 0 Å². The van der Waals surface area contributed by atoms with Crippen LogP contribution in [0.25, 0.3) is 0 Å². The molecule has 0 spiro atoms. The molecule has 1 aliphatic rings. The Hall–Kier alpha value is -1.81. The third-order valence-electron chi connectivity index (χ3n) is 3.60. The molecule has 0 saturated carbocycles. The fourth-order valence-electron chi connectivity index (χ4n) is 2.52. The summed E-state index contributed by atoms with van der Waals surface area (Å²) in [5.74, 6) is 0. The number of nitriles is 1. The smallest absolute Gasteiger partial charge is 0.0991 e. The molecule has 0 N–H and O–H groups in total. The van der Waals surface area contributed by atoms with Crippen LogP contribution in [-0.4, -0.2) is 0 Å². The molecule has 1 heteroatoms. The highest BCUT2D eigenvalue weighted by Gasteiger charge is 2.26. The van der Waals surface area contributed by atoms with Crippen molar-refractivity contribution in [2.45, 2.75) is 38.0 Å². The van der Waals surface area contributed by atoms with E-state index in [4.69, 9.17) is 5.26 Å². The van der Waals surface area contributed by atoms with Gasteiger partial charge >= 0.3 is 0 Å². The normalized spacial score (nSPS) is 16.4. The van der Waals surface area contributed by atoms with Crippen LogP contribution in [0.4, 0.5) is 0 Å². The summed E-state index contributed by atoms with van der Waals surface area (Å²) in [7, 11) is 0. The van der Waals surface area contributed by atoms with Crippen molar-refractivity contribution in [3.05, 3.63) is 59.7 Å². The Morgan fingerprint density at radius 2 is 1.83 bits per heavy atom. The minimum Gasteiger partial charge on any atom is -0.192 e. The predicted molar refractivity (Wildman–Crippen MR) is 75.3 cm³/mol. The first kappa shape index (κ1) is 12.6. The van der Waals surface area contributed by atoms with Crippen LogP contribution in [0.1, 0.15) is 43.7 Å². The summed E-state index contributed by atoms with van der Waals surface area (Å²) in [4.78, 5) is 0. The van der Waals surface area contributed by atoms with Crippen LogP contribution in [0.3, 0.4) is 0 Å². The summed E-state index contributed by atoms with van der Waals surface area (Å²) < 4.78 is 0. The van der Waals surface area contributed by atoms with Crippen LogP contribution in [-0.2, 0) is 5.41 Å². The van der Waals surface area contributed by atoms with Crippen molar-refractivity contribution in [2.24, 2.45) is 0 Å². The molecule has 0 aliphatic heterocycles. The third kappa shape index (κ3) is 2.54. The lowest BCUT2D eigenvalue weighted by Crippen LogP contribution is -2.22. The van der Waals surface area contributed by atoms with E-state index in [9.17, 15) is 0 Å². The Morgan fingerprint density at radius 3 is 2.39 bits per heavy atom. The first-order chi connectivity index (χ1) is 8.80. The Labute approximate surface area is 109 Å². The second-order valence-corrected chi connectivity index (χ2v) is 4.87. The molecule has 18 heavy (non-hydrogen) atoms. The fourth-order valence-corrected chi connectivity index (χ4v) is 2.52. The molecular weight excluding hydrogens is 218 g/mol. The molecule has 0 saturated heterocycles. The van der Waals surface area contributed by atoms with Crippen LogP contribution < -0.4 is 0 Å². The van der Waals surface area contributed by atoms with Gasteiger partial charge in [0.25, 0.3) is 0 Å². The van der Waals surface area contributed by atoms with Gasteiger partial charge in [0.1, 0.15) is 0 Å². The zero-order valence-electron chi connectivity index (χ0n) is 10.9. The van der Waals surface area contributed by atoms with Gasteiger partial charge in [0.15, 0.2) is 0 Å². The largest absolute Gasteiger partial charge is 0.192 e. The molecule has 0 amide bonds. The minimum atomic E-state index is 0.0439. The van der Waals surface area contributed by atoms with Crippen LogP contribution >= 0.6 is 0 Å². The molecule has 0 fully saturated rings. The van der Waals surface area contributed by atoms with Gasteiger partial charge in [-0.1, -0.05) is 56.2 Å². The quantitative estimate of drug-likeness (QED) is 0.707. The van der Waals surface area contributed by atoms with Gasteiger partial charge in [-0.25, -0.2) is 0 Å². The van der Waals surface area contributed by atoms with Crippen molar-refractivity contribution in [3.63, 3.8) is 0 Å². The van der Waals surface area contributed by atoms with E-state index in [0.29, 0.717) is 0 Å². The van der Waals surface area contributed by atoms with Crippen molar-refractivity contribution < 1.29 is 0 Å². The van der Waals surface area contributed by atoms with E-state index in [1.54, 1.807) is 0 Å². The van der Waals surface area contributed by atoms with E-state index < -0.39 is 0 Å². The zero-order valence-corrected chi connectivity index (χ0v) is 10.9. The van der Waals surface area contributed by atoms with Gasteiger partial charge in [-0.2, -0.15) is 5.26 Å². The van der Waals surface area contributed by atoms with Crippen molar-refractivity contribution in [1.82, 2.24) is 0 Å². The first-order valence-electron chi connectivity index (χ1n) is 6.67. The zero-order chi connectivity index (χ0) is 12.8. The van der Waals surface area contributed by atoms with E-state index in [1.165, 1.54) is 18.4 Å². The van der Waals surface area contributed by atoms with Gasteiger partial charge in [0.2, 0.25) is 0 Å². The summed E-state index contributed by atoms with van der Waals surface area (Å²) in [6.45, 7) is 2.22. The molecule has 1 aliphatic carbocycles. The predicted octanol–water partition coefficient (Wildman–Crippen LogP) is 4.50. The molecule has 1 aromatic carbocycles. The number of unbranched alkanes of at least 4 members (excludes halogenated alkanes) is 1. The van der Waals surface area contributed by atoms with Crippen molar-refractivity contribution >= 4 is 0 Å². The second kappa shape index (κ2) is 5.69. The molecule has 0 aromatic heterocycles. The van der Waals surface area contributed by atoms with Crippen molar-refractivity contribution in [3.8, 4) is 6.07 Å². The van der Waals surface area contributed by atoms with Crippen molar-refractivity contribution in [1.29, 1.82) is 5.26 Å². The first-order valence-corrected chi connectivity index (χ1v) is 6.67. The number of rotatable bonds is 4. The van der Waals surface area contributed by atoms with Crippen LogP contribution in [0, 0.1) is 11.3 Å². The molecule has 92 valence electrons. The van der Waals surface area contributed by atoms with Crippen LogP contribution in [0.2, 0.25) is 0 Å². The Kier molecular flexibility index (Phi) is 3.99. The Balaban J connectivity index is 2.33. The average Bonchev–Trinajstić information content (AvgIpc) is 2.46. The number of nitrogens with zero attached hydrogens (tertiary/aromatic N) is 1. The third-order valence-corrected chi connectivity index (χ3v) is 3.60. The lowest BCUT2D eigenvalue weighted by molar-refractivity contribution is 0.555. The topological polar surface area (TPSA) is 23.8 Å². The summed E-state index contributed by atoms with van der Waals surface area (Å²) in [5, 5.41) is 8.87. The van der Waals surface area contributed by atoms with E-state index >= 15 is 0 Å². The summed E-state index contributed by atoms with van der Waals surface area (Å²) in [6, 6.07) is 10.2. The van der Waals surface area contributed by atoms with E-state index in [1.807, 2.05) is 12.1 Å². The monoisotopic (exact) mass is 237 g/mol. The molecule has 0 radical (unpaired) electrons.